The van der Waals surface area contributed by atoms with Crippen molar-refractivity contribution in [2.75, 3.05) is 13.2 Å². The largest absolute Gasteiger partial charge is 0.394 e. The van der Waals surface area contributed by atoms with Crippen LogP contribution < -0.4 is 0 Å². The molecular formula is C20H23NO3. The third-order valence-corrected chi connectivity index (χ3v) is 4.93. The predicted octanol–water partition coefficient (Wildman–Crippen LogP) is 2.22. The summed E-state index contributed by atoms with van der Waals surface area (Å²) in [5.74, 6) is 0. The van der Waals surface area contributed by atoms with E-state index in [4.69, 9.17) is 9.47 Å². The molecule has 0 amide bonds. The Morgan fingerprint density at radius 1 is 0.917 bits per heavy atom. The van der Waals surface area contributed by atoms with Crippen molar-refractivity contribution in [1.29, 1.82) is 0 Å². The summed E-state index contributed by atoms with van der Waals surface area (Å²) in [5.41, 5.74) is 2.57. The van der Waals surface area contributed by atoms with E-state index in [0.29, 0.717) is 0 Å². The van der Waals surface area contributed by atoms with Crippen molar-refractivity contribution in [2.24, 2.45) is 0 Å². The second-order valence-electron chi connectivity index (χ2n) is 6.57. The van der Waals surface area contributed by atoms with Crippen LogP contribution in [0.5, 0.6) is 0 Å². The maximum Gasteiger partial charge on any atom is 0.174 e. The fourth-order valence-electron chi connectivity index (χ4n) is 3.67. The van der Waals surface area contributed by atoms with Gasteiger partial charge in [0.2, 0.25) is 0 Å². The number of nitrogens with zero attached hydrogens (tertiary/aromatic N) is 1. The summed E-state index contributed by atoms with van der Waals surface area (Å²) in [7, 11) is 0. The zero-order chi connectivity index (χ0) is 16.4. The third-order valence-electron chi connectivity index (χ3n) is 4.93. The lowest BCUT2D eigenvalue weighted by Crippen LogP contribution is -2.52. The van der Waals surface area contributed by atoms with Gasteiger partial charge in [0.25, 0.3) is 0 Å². The standard InChI is InChI=1S/C20H23NO3/c22-14-19-18-13-21(12-16-9-5-2-6-10-16)17(20(23-18)24-19)11-15-7-3-1-4-8-15/h1-10,17-20,22H,11-14H2/t17-,18-,19-,20-/m0/s1. The van der Waals surface area contributed by atoms with Crippen molar-refractivity contribution in [2.45, 2.75) is 37.5 Å². The van der Waals surface area contributed by atoms with Crippen LogP contribution in [-0.2, 0) is 22.4 Å². The van der Waals surface area contributed by atoms with E-state index in [0.717, 1.165) is 19.5 Å². The van der Waals surface area contributed by atoms with E-state index in [2.05, 4.69) is 53.4 Å². The molecule has 2 aliphatic heterocycles. The van der Waals surface area contributed by atoms with Gasteiger partial charge in [0, 0.05) is 13.1 Å². The van der Waals surface area contributed by atoms with Crippen LogP contribution in [0.2, 0.25) is 0 Å². The number of ether oxygens (including phenoxy) is 2. The fourth-order valence-corrected chi connectivity index (χ4v) is 3.67. The monoisotopic (exact) mass is 325 g/mol. The van der Waals surface area contributed by atoms with Crippen molar-refractivity contribution in [3.05, 3.63) is 71.8 Å². The zero-order valence-corrected chi connectivity index (χ0v) is 13.6. The van der Waals surface area contributed by atoms with E-state index in [-0.39, 0.29) is 31.1 Å². The first-order chi connectivity index (χ1) is 11.8. The number of hydrogen-bond donors (Lipinski definition) is 1. The zero-order valence-electron chi connectivity index (χ0n) is 13.6. The van der Waals surface area contributed by atoms with Crippen LogP contribution in [-0.4, -0.2) is 47.7 Å². The lowest BCUT2D eigenvalue weighted by Gasteiger charge is -2.39. The highest BCUT2D eigenvalue weighted by Gasteiger charge is 2.47. The SMILES string of the molecule is OC[C@@H]1O[C@@H]2O[C@H]1CN(Cc1ccccc1)[C@H]2Cc1ccccc1. The van der Waals surface area contributed by atoms with Crippen LogP contribution in [0.4, 0.5) is 0 Å². The van der Waals surface area contributed by atoms with E-state index in [9.17, 15) is 5.11 Å². The highest BCUT2D eigenvalue weighted by atomic mass is 16.7. The molecular weight excluding hydrogens is 302 g/mol. The van der Waals surface area contributed by atoms with E-state index in [1.807, 2.05) is 12.1 Å². The normalized spacial score (nSPS) is 29.7. The van der Waals surface area contributed by atoms with Gasteiger partial charge < -0.3 is 14.6 Å². The Morgan fingerprint density at radius 2 is 1.58 bits per heavy atom. The second kappa shape index (κ2) is 7.03. The molecule has 2 saturated heterocycles. The minimum Gasteiger partial charge on any atom is -0.394 e. The van der Waals surface area contributed by atoms with E-state index in [1.165, 1.54) is 11.1 Å². The number of benzene rings is 2. The molecule has 0 unspecified atom stereocenters. The Balaban J connectivity index is 1.56. The van der Waals surface area contributed by atoms with Crippen molar-refractivity contribution >= 4 is 0 Å². The van der Waals surface area contributed by atoms with Gasteiger partial charge in [0.05, 0.1) is 12.6 Å². The lowest BCUT2D eigenvalue weighted by molar-refractivity contribution is -0.150. The van der Waals surface area contributed by atoms with E-state index >= 15 is 0 Å². The van der Waals surface area contributed by atoms with Crippen LogP contribution in [0.3, 0.4) is 0 Å². The number of morpholine rings is 1. The number of rotatable bonds is 5. The van der Waals surface area contributed by atoms with Crippen LogP contribution in [0, 0.1) is 0 Å². The number of fused-ring (bicyclic) bond motifs is 2. The average Bonchev–Trinajstić information content (AvgIpc) is 2.98. The summed E-state index contributed by atoms with van der Waals surface area (Å²) in [6, 6.07) is 21.1. The molecule has 2 heterocycles. The Morgan fingerprint density at radius 3 is 2.25 bits per heavy atom. The summed E-state index contributed by atoms with van der Waals surface area (Å²) in [6.45, 7) is 1.67. The first kappa shape index (κ1) is 15.8. The Bertz CT molecular complexity index is 648. The lowest BCUT2D eigenvalue weighted by atomic mass is 10.0. The summed E-state index contributed by atoms with van der Waals surface area (Å²) in [4.78, 5) is 2.44. The van der Waals surface area contributed by atoms with Gasteiger partial charge >= 0.3 is 0 Å². The molecule has 0 radical (unpaired) electrons. The van der Waals surface area contributed by atoms with Gasteiger partial charge in [-0.05, 0) is 17.5 Å². The van der Waals surface area contributed by atoms with Gasteiger partial charge in [-0.25, -0.2) is 0 Å². The number of aliphatic hydroxyl groups is 1. The van der Waals surface area contributed by atoms with Gasteiger partial charge in [0.15, 0.2) is 6.29 Å². The first-order valence-corrected chi connectivity index (χ1v) is 8.57. The molecule has 4 atom stereocenters. The van der Waals surface area contributed by atoms with Crippen LogP contribution in [0.15, 0.2) is 60.7 Å². The molecule has 0 aromatic heterocycles. The molecule has 0 saturated carbocycles. The molecule has 0 aliphatic carbocycles. The summed E-state index contributed by atoms with van der Waals surface area (Å²) >= 11 is 0. The third kappa shape index (κ3) is 3.23. The quantitative estimate of drug-likeness (QED) is 0.915. The Hall–Kier alpha value is -1.72. The Kier molecular flexibility index (Phi) is 4.63. The van der Waals surface area contributed by atoms with Gasteiger partial charge in [0.1, 0.15) is 12.2 Å². The van der Waals surface area contributed by atoms with Gasteiger partial charge in [-0.15, -0.1) is 0 Å². The van der Waals surface area contributed by atoms with Crippen molar-refractivity contribution in [3.63, 3.8) is 0 Å². The van der Waals surface area contributed by atoms with E-state index in [1.54, 1.807) is 0 Å². The predicted molar refractivity (Wildman–Crippen MR) is 91.4 cm³/mol. The smallest absolute Gasteiger partial charge is 0.174 e. The van der Waals surface area contributed by atoms with Crippen LogP contribution in [0.25, 0.3) is 0 Å². The van der Waals surface area contributed by atoms with Gasteiger partial charge in [-0.1, -0.05) is 60.7 Å². The fraction of sp³-hybridized carbons (Fsp3) is 0.400. The molecule has 0 spiro atoms. The molecule has 4 heteroatoms. The molecule has 24 heavy (non-hydrogen) atoms. The van der Waals surface area contributed by atoms with Gasteiger partial charge in [-0.2, -0.15) is 0 Å². The first-order valence-electron chi connectivity index (χ1n) is 8.57. The molecule has 2 aromatic carbocycles. The minimum atomic E-state index is -0.273. The molecule has 4 rings (SSSR count). The number of aliphatic hydroxyl groups excluding tert-OH is 1. The maximum absolute atomic E-state index is 9.54. The maximum atomic E-state index is 9.54. The topological polar surface area (TPSA) is 41.9 Å². The molecule has 2 bridgehead atoms. The highest BCUT2D eigenvalue weighted by molar-refractivity contribution is 5.18. The molecule has 126 valence electrons. The summed E-state index contributed by atoms with van der Waals surface area (Å²) in [5, 5.41) is 9.54. The summed E-state index contributed by atoms with van der Waals surface area (Å²) < 4.78 is 12.0. The van der Waals surface area contributed by atoms with Crippen molar-refractivity contribution < 1.29 is 14.6 Å². The van der Waals surface area contributed by atoms with Gasteiger partial charge in [-0.3, -0.25) is 4.90 Å². The molecule has 2 aliphatic rings. The molecule has 4 nitrogen and oxygen atoms in total. The Labute approximate surface area is 142 Å². The van der Waals surface area contributed by atoms with Crippen LogP contribution in [0.1, 0.15) is 11.1 Å². The summed E-state index contributed by atoms with van der Waals surface area (Å²) in [6.07, 6.45) is 0.345. The molecule has 2 aromatic rings. The number of hydrogen-bond acceptors (Lipinski definition) is 4. The van der Waals surface area contributed by atoms with Crippen molar-refractivity contribution in [1.82, 2.24) is 4.90 Å². The highest BCUT2D eigenvalue weighted by Crippen LogP contribution is 2.32. The van der Waals surface area contributed by atoms with Crippen molar-refractivity contribution in [3.8, 4) is 0 Å². The second-order valence-corrected chi connectivity index (χ2v) is 6.57. The minimum absolute atomic E-state index is 0.0123. The van der Waals surface area contributed by atoms with E-state index < -0.39 is 0 Å². The average molecular weight is 325 g/mol. The van der Waals surface area contributed by atoms with Crippen LogP contribution >= 0.6 is 0 Å². The molecule has 2 fully saturated rings. The molecule has 1 N–H and O–H groups in total.